The molecule has 7 heteroatoms. The molecule has 0 N–H and O–H groups in total. The Kier molecular flexibility index (Phi) is 4.99. The predicted octanol–water partition coefficient (Wildman–Crippen LogP) is 3.61. The minimum Gasteiger partial charge on any atom is -0.341 e. The van der Waals surface area contributed by atoms with Gasteiger partial charge in [-0.1, -0.05) is 65.8 Å². The number of benzene rings is 2. The fraction of sp³-hybridized carbons (Fsp3) is 0.316. The number of fused-ring (bicyclic) bond motifs is 1. The number of nitrogens with zero attached hydrogens (tertiary/aromatic N) is 2. The Balaban J connectivity index is 1.54. The summed E-state index contributed by atoms with van der Waals surface area (Å²) >= 11 is 7.66. The van der Waals surface area contributed by atoms with Gasteiger partial charge < -0.3 is 4.90 Å². The summed E-state index contributed by atoms with van der Waals surface area (Å²) < 4.78 is 24.1. The van der Waals surface area contributed by atoms with Crippen LogP contribution in [0.25, 0.3) is 0 Å². The van der Waals surface area contributed by atoms with Crippen LogP contribution in [0.15, 0.2) is 59.6 Å². The number of hydrogen-bond donors (Lipinski definition) is 0. The van der Waals surface area contributed by atoms with Crippen molar-refractivity contribution in [3.05, 3.63) is 70.7 Å². The van der Waals surface area contributed by atoms with E-state index in [1.54, 1.807) is 11.8 Å². The molecule has 4 nitrogen and oxygen atoms in total. The first-order valence-corrected chi connectivity index (χ1v) is 11.6. The van der Waals surface area contributed by atoms with E-state index in [4.69, 9.17) is 16.6 Å². The van der Waals surface area contributed by atoms with Gasteiger partial charge in [-0.15, -0.1) is 0 Å². The third-order valence-corrected chi connectivity index (χ3v) is 7.72. The Morgan fingerprint density at radius 1 is 1.04 bits per heavy atom. The van der Waals surface area contributed by atoms with Gasteiger partial charge >= 0.3 is 0 Å². The maximum Gasteiger partial charge on any atom is 0.160 e. The lowest BCUT2D eigenvalue weighted by Crippen LogP contribution is -2.38. The molecule has 2 atom stereocenters. The van der Waals surface area contributed by atoms with Crippen molar-refractivity contribution in [3.63, 3.8) is 0 Å². The van der Waals surface area contributed by atoms with Gasteiger partial charge in [0.15, 0.2) is 15.0 Å². The smallest absolute Gasteiger partial charge is 0.160 e. The van der Waals surface area contributed by atoms with E-state index in [1.807, 2.05) is 42.5 Å². The fourth-order valence-corrected chi connectivity index (χ4v) is 6.47. The third-order valence-electron chi connectivity index (χ3n) is 4.69. The topological polar surface area (TPSA) is 49.7 Å². The van der Waals surface area contributed by atoms with Crippen LogP contribution in [0.1, 0.15) is 11.1 Å². The van der Waals surface area contributed by atoms with Crippen molar-refractivity contribution in [1.82, 2.24) is 4.90 Å². The van der Waals surface area contributed by atoms with Crippen molar-refractivity contribution in [2.45, 2.75) is 24.4 Å². The van der Waals surface area contributed by atoms with Crippen LogP contribution >= 0.6 is 23.4 Å². The van der Waals surface area contributed by atoms with Crippen LogP contribution in [0.4, 0.5) is 0 Å². The van der Waals surface area contributed by atoms with E-state index >= 15 is 0 Å². The molecule has 0 spiro atoms. The van der Waals surface area contributed by atoms with Crippen LogP contribution in [0.5, 0.6) is 0 Å². The number of thioether (sulfide) groups is 1. The van der Waals surface area contributed by atoms with Gasteiger partial charge in [0.1, 0.15) is 0 Å². The molecule has 0 aromatic heterocycles. The van der Waals surface area contributed by atoms with Crippen LogP contribution in [0.2, 0.25) is 5.02 Å². The van der Waals surface area contributed by atoms with Crippen LogP contribution in [-0.4, -0.2) is 42.1 Å². The number of sulfone groups is 1. The minimum atomic E-state index is -3.01. The zero-order chi connectivity index (χ0) is 18.1. The van der Waals surface area contributed by atoms with E-state index in [9.17, 15) is 8.42 Å². The van der Waals surface area contributed by atoms with E-state index in [-0.39, 0.29) is 23.6 Å². The molecule has 0 unspecified atom stereocenters. The highest BCUT2D eigenvalue weighted by atomic mass is 35.5. The molecule has 0 amide bonds. The molecule has 26 heavy (non-hydrogen) atoms. The van der Waals surface area contributed by atoms with Crippen molar-refractivity contribution < 1.29 is 8.42 Å². The van der Waals surface area contributed by atoms with Gasteiger partial charge in [-0.3, -0.25) is 4.99 Å². The number of amidine groups is 1. The van der Waals surface area contributed by atoms with Crippen molar-refractivity contribution in [1.29, 1.82) is 0 Å². The number of rotatable bonds is 4. The largest absolute Gasteiger partial charge is 0.341 e. The molecule has 2 aromatic rings. The van der Waals surface area contributed by atoms with Crippen molar-refractivity contribution in [2.24, 2.45) is 4.99 Å². The van der Waals surface area contributed by atoms with E-state index in [1.165, 1.54) is 5.56 Å². The Bertz CT molecular complexity index is 914. The van der Waals surface area contributed by atoms with E-state index in [2.05, 4.69) is 17.0 Å². The molecule has 2 aromatic carbocycles. The van der Waals surface area contributed by atoms with Gasteiger partial charge in [-0.05, 0) is 23.3 Å². The van der Waals surface area contributed by atoms with E-state index < -0.39 is 9.84 Å². The van der Waals surface area contributed by atoms with Crippen LogP contribution in [-0.2, 0) is 22.1 Å². The molecule has 0 bridgehead atoms. The highest BCUT2D eigenvalue weighted by molar-refractivity contribution is 8.13. The molecule has 2 heterocycles. The zero-order valence-electron chi connectivity index (χ0n) is 14.1. The number of hydrogen-bond acceptors (Lipinski definition) is 5. The number of halogens is 1. The molecule has 2 aliphatic heterocycles. The summed E-state index contributed by atoms with van der Waals surface area (Å²) in [6.07, 6.45) is 0. The second-order valence-corrected chi connectivity index (χ2v) is 10.2. The first-order chi connectivity index (χ1) is 12.5. The Hall–Kier alpha value is -1.50. The molecule has 1 saturated heterocycles. The highest BCUT2D eigenvalue weighted by Crippen LogP contribution is 2.33. The van der Waals surface area contributed by atoms with E-state index in [0.29, 0.717) is 11.6 Å². The van der Waals surface area contributed by atoms with Gasteiger partial charge in [0.2, 0.25) is 0 Å². The van der Waals surface area contributed by atoms with Gasteiger partial charge in [-0.25, -0.2) is 8.42 Å². The average Bonchev–Trinajstić information content (AvgIpc) is 3.08. The fourth-order valence-electron chi connectivity index (χ4n) is 3.40. The maximum atomic E-state index is 12.1. The lowest BCUT2D eigenvalue weighted by molar-refractivity contribution is 0.343. The van der Waals surface area contributed by atoms with Crippen LogP contribution in [0, 0.1) is 0 Å². The zero-order valence-corrected chi connectivity index (χ0v) is 16.5. The molecule has 1 fully saturated rings. The predicted molar refractivity (Wildman–Crippen MR) is 108 cm³/mol. The molecular formula is C19H19ClN2O2S2. The molecule has 136 valence electrons. The van der Waals surface area contributed by atoms with Gasteiger partial charge in [0.25, 0.3) is 0 Å². The Morgan fingerprint density at radius 3 is 2.50 bits per heavy atom. The minimum absolute atomic E-state index is 0.0612. The third kappa shape index (κ3) is 3.92. The second kappa shape index (κ2) is 7.25. The first-order valence-electron chi connectivity index (χ1n) is 8.46. The number of aliphatic imine (C=N–C) groups is 1. The summed E-state index contributed by atoms with van der Waals surface area (Å²) in [6.45, 7) is 0.647. The lowest BCUT2D eigenvalue weighted by atomic mass is 10.1. The maximum absolute atomic E-state index is 12.1. The first kappa shape index (κ1) is 17.9. The molecular weight excluding hydrogens is 388 g/mol. The normalized spacial score (nSPS) is 23.7. The van der Waals surface area contributed by atoms with Gasteiger partial charge in [0.05, 0.1) is 23.6 Å². The second-order valence-electron chi connectivity index (χ2n) is 6.65. The quantitative estimate of drug-likeness (QED) is 0.778. The molecule has 0 saturated carbocycles. The highest BCUT2D eigenvalue weighted by Gasteiger charge is 2.46. The molecule has 4 rings (SSSR count). The van der Waals surface area contributed by atoms with Crippen molar-refractivity contribution in [3.8, 4) is 0 Å². The molecule has 0 aliphatic carbocycles. The summed E-state index contributed by atoms with van der Waals surface area (Å²) in [6, 6.07) is 17.7. The Labute approximate surface area is 163 Å². The van der Waals surface area contributed by atoms with Crippen molar-refractivity contribution in [2.75, 3.05) is 11.5 Å². The molecule has 2 aliphatic rings. The van der Waals surface area contributed by atoms with Crippen LogP contribution < -0.4 is 0 Å². The summed E-state index contributed by atoms with van der Waals surface area (Å²) in [5.41, 5.74) is 2.34. The lowest BCUT2D eigenvalue weighted by Gasteiger charge is -2.26. The van der Waals surface area contributed by atoms with E-state index in [0.717, 1.165) is 16.5 Å². The summed E-state index contributed by atoms with van der Waals surface area (Å²) in [5.74, 6) is 1.16. The van der Waals surface area contributed by atoms with Gasteiger partial charge in [0, 0.05) is 17.3 Å². The van der Waals surface area contributed by atoms with Crippen molar-refractivity contribution >= 4 is 38.4 Å². The van der Waals surface area contributed by atoms with Gasteiger partial charge in [-0.2, -0.15) is 0 Å². The summed E-state index contributed by atoms with van der Waals surface area (Å²) in [7, 11) is -3.01. The average molecular weight is 407 g/mol. The standard InChI is InChI=1S/C19H19ClN2O2S2/c20-16-8-6-14(7-9-16)10-22-18-13-26(23,24)12-17(18)21-19(22)25-11-15-4-2-1-3-5-15/h1-9,17-18H,10-13H2/t17-,18+/m0/s1. The summed E-state index contributed by atoms with van der Waals surface area (Å²) in [5, 5.41) is 1.64. The Morgan fingerprint density at radius 2 is 1.77 bits per heavy atom. The monoisotopic (exact) mass is 406 g/mol. The molecule has 0 radical (unpaired) electrons. The SMILES string of the molecule is O=S1(=O)C[C@@H]2N=C(SCc3ccccc3)N(Cc3ccc(Cl)cc3)[C@@H]2C1. The summed E-state index contributed by atoms with van der Waals surface area (Å²) in [4.78, 5) is 6.91. The van der Waals surface area contributed by atoms with Crippen LogP contribution in [0.3, 0.4) is 0 Å².